The van der Waals surface area contributed by atoms with E-state index >= 15 is 0 Å². The molecule has 4 nitrogen and oxygen atoms in total. The number of rotatable bonds is 3. The third-order valence-electron chi connectivity index (χ3n) is 3.60. The molecular weight excluding hydrogens is 266 g/mol. The summed E-state index contributed by atoms with van der Waals surface area (Å²) in [6, 6.07) is 15.0. The van der Waals surface area contributed by atoms with Gasteiger partial charge >= 0.3 is 0 Å². The molecule has 0 saturated carbocycles. The summed E-state index contributed by atoms with van der Waals surface area (Å²) in [6.45, 7) is 1.64. The summed E-state index contributed by atoms with van der Waals surface area (Å²) in [5.41, 5.74) is 2.52. The molecule has 0 bridgehead atoms. The molecule has 0 atom stereocenters. The Hall–Kier alpha value is -2.33. The Morgan fingerprint density at radius 2 is 1.76 bits per heavy atom. The van der Waals surface area contributed by atoms with Crippen LogP contribution in [0, 0.1) is 0 Å². The number of hydrogen-bond donors (Lipinski definition) is 1. The standard InChI is InChI=1S/C17H17NO3/c19-12-14-7-5-13(6-8-14)11-18-9-10-21-16-4-2-1-3-15(16)17(18)20/h1-8,19H,9-12H2. The van der Waals surface area contributed by atoms with Gasteiger partial charge < -0.3 is 14.7 Å². The molecule has 1 N–H and O–H groups in total. The number of benzene rings is 2. The van der Waals surface area contributed by atoms with Crippen LogP contribution < -0.4 is 4.74 Å². The minimum atomic E-state index is -0.00525. The maximum Gasteiger partial charge on any atom is 0.258 e. The molecule has 0 saturated heterocycles. The average Bonchev–Trinajstić information content (AvgIpc) is 2.69. The molecule has 0 fully saturated rings. The number of aliphatic hydroxyl groups is 1. The van der Waals surface area contributed by atoms with Gasteiger partial charge in [-0.1, -0.05) is 36.4 Å². The van der Waals surface area contributed by atoms with Gasteiger partial charge in [-0.15, -0.1) is 0 Å². The van der Waals surface area contributed by atoms with Crippen molar-refractivity contribution >= 4 is 5.91 Å². The Bertz CT molecular complexity index is 637. The number of aliphatic hydroxyl groups excluding tert-OH is 1. The number of para-hydroxylation sites is 1. The molecular formula is C17H17NO3. The molecule has 21 heavy (non-hydrogen) atoms. The largest absolute Gasteiger partial charge is 0.491 e. The first-order valence-electron chi connectivity index (χ1n) is 6.98. The zero-order chi connectivity index (χ0) is 14.7. The summed E-state index contributed by atoms with van der Waals surface area (Å²) >= 11 is 0. The number of ether oxygens (including phenoxy) is 1. The monoisotopic (exact) mass is 283 g/mol. The van der Waals surface area contributed by atoms with Gasteiger partial charge in [0, 0.05) is 6.54 Å². The van der Waals surface area contributed by atoms with Crippen LogP contribution in [0.3, 0.4) is 0 Å². The fourth-order valence-electron chi connectivity index (χ4n) is 2.43. The van der Waals surface area contributed by atoms with Gasteiger partial charge in [-0.3, -0.25) is 4.79 Å². The fraction of sp³-hybridized carbons (Fsp3) is 0.235. The van der Waals surface area contributed by atoms with Crippen molar-refractivity contribution in [1.82, 2.24) is 4.90 Å². The van der Waals surface area contributed by atoms with Crippen molar-refractivity contribution in [3.05, 3.63) is 65.2 Å². The number of fused-ring (bicyclic) bond motifs is 1. The lowest BCUT2D eigenvalue weighted by Gasteiger charge is -2.20. The van der Waals surface area contributed by atoms with E-state index in [2.05, 4.69) is 0 Å². The molecule has 108 valence electrons. The van der Waals surface area contributed by atoms with Gasteiger partial charge in [0.1, 0.15) is 12.4 Å². The van der Waals surface area contributed by atoms with Crippen LogP contribution in [-0.2, 0) is 13.2 Å². The second kappa shape index (κ2) is 5.97. The van der Waals surface area contributed by atoms with Crippen LogP contribution in [0.2, 0.25) is 0 Å². The molecule has 2 aromatic carbocycles. The quantitative estimate of drug-likeness (QED) is 0.939. The zero-order valence-electron chi connectivity index (χ0n) is 11.7. The van der Waals surface area contributed by atoms with E-state index in [4.69, 9.17) is 9.84 Å². The van der Waals surface area contributed by atoms with E-state index in [1.54, 1.807) is 11.0 Å². The Labute approximate surface area is 123 Å². The second-order valence-electron chi connectivity index (χ2n) is 5.05. The molecule has 0 spiro atoms. The third-order valence-corrected chi connectivity index (χ3v) is 3.60. The summed E-state index contributed by atoms with van der Waals surface area (Å²) in [6.07, 6.45) is 0. The van der Waals surface area contributed by atoms with E-state index in [1.165, 1.54) is 0 Å². The van der Waals surface area contributed by atoms with Crippen molar-refractivity contribution in [3.63, 3.8) is 0 Å². The molecule has 0 unspecified atom stereocenters. The van der Waals surface area contributed by atoms with Gasteiger partial charge in [-0.2, -0.15) is 0 Å². The molecule has 0 aliphatic carbocycles. The summed E-state index contributed by atoms with van der Waals surface area (Å²) < 4.78 is 5.63. The molecule has 1 amide bonds. The highest BCUT2D eigenvalue weighted by Gasteiger charge is 2.22. The number of nitrogens with zero attached hydrogens (tertiary/aromatic N) is 1. The average molecular weight is 283 g/mol. The number of amides is 1. The predicted molar refractivity (Wildman–Crippen MR) is 79.0 cm³/mol. The highest BCUT2D eigenvalue weighted by molar-refractivity contribution is 5.97. The van der Waals surface area contributed by atoms with Crippen LogP contribution in [0.1, 0.15) is 21.5 Å². The normalized spacial score (nSPS) is 14.3. The molecule has 0 radical (unpaired) electrons. The van der Waals surface area contributed by atoms with Crippen molar-refractivity contribution in [1.29, 1.82) is 0 Å². The van der Waals surface area contributed by atoms with E-state index in [9.17, 15) is 4.79 Å². The van der Waals surface area contributed by atoms with E-state index in [1.807, 2.05) is 42.5 Å². The highest BCUT2D eigenvalue weighted by Crippen LogP contribution is 2.23. The van der Waals surface area contributed by atoms with Gasteiger partial charge in [0.25, 0.3) is 5.91 Å². The Morgan fingerprint density at radius 3 is 2.52 bits per heavy atom. The van der Waals surface area contributed by atoms with Crippen LogP contribution in [0.4, 0.5) is 0 Å². The minimum absolute atomic E-state index is 0.00525. The van der Waals surface area contributed by atoms with Crippen molar-refractivity contribution in [2.45, 2.75) is 13.2 Å². The van der Waals surface area contributed by atoms with Gasteiger partial charge in [0.15, 0.2) is 0 Å². The highest BCUT2D eigenvalue weighted by atomic mass is 16.5. The number of carbonyl (C=O) groups excluding carboxylic acids is 1. The van der Waals surface area contributed by atoms with Gasteiger partial charge in [-0.05, 0) is 23.3 Å². The molecule has 3 rings (SSSR count). The lowest BCUT2D eigenvalue weighted by molar-refractivity contribution is 0.0743. The Balaban J connectivity index is 1.80. The predicted octanol–water partition coefficient (Wildman–Crippen LogP) is 2.21. The van der Waals surface area contributed by atoms with E-state index < -0.39 is 0 Å². The van der Waals surface area contributed by atoms with Crippen LogP contribution in [0.15, 0.2) is 48.5 Å². The first-order chi connectivity index (χ1) is 10.3. The smallest absolute Gasteiger partial charge is 0.258 e. The van der Waals surface area contributed by atoms with Crippen molar-refractivity contribution in [2.24, 2.45) is 0 Å². The van der Waals surface area contributed by atoms with Crippen molar-refractivity contribution in [2.75, 3.05) is 13.2 Å². The number of carbonyl (C=O) groups is 1. The van der Waals surface area contributed by atoms with Crippen LogP contribution in [-0.4, -0.2) is 29.1 Å². The Morgan fingerprint density at radius 1 is 1.05 bits per heavy atom. The van der Waals surface area contributed by atoms with Crippen LogP contribution >= 0.6 is 0 Å². The summed E-state index contributed by atoms with van der Waals surface area (Å²) in [5.74, 6) is 0.648. The van der Waals surface area contributed by atoms with E-state index in [-0.39, 0.29) is 12.5 Å². The lowest BCUT2D eigenvalue weighted by Crippen LogP contribution is -2.31. The van der Waals surface area contributed by atoms with Crippen LogP contribution in [0.5, 0.6) is 5.75 Å². The lowest BCUT2D eigenvalue weighted by atomic mass is 10.1. The first-order valence-corrected chi connectivity index (χ1v) is 6.98. The second-order valence-corrected chi connectivity index (χ2v) is 5.05. The molecule has 1 aliphatic heterocycles. The van der Waals surface area contributed by atoms with Crippen LogP contribution in [0.25, 0.3) is 0 Å². The van der Waals surface area contributed by atoms with Crippen molar-refractivity contribution < 1.29 is 14.6 Å². The zero-order valence-corrected chi connectivity index (χ0v) is 11.7. The SMILES string of the molecule is O=C1c2ccccc2OCCN1Cc1ccc(CO)cc1. The minimum Gasteiger partial charge on any atom is -0.491 e. The number of hydrogen-bond acceptors (Lipinski definition) is 3. The summed E-state index contributed by atoms with van der Waals surface area (Å²) in [7, 11) is 0. The molecule has 4 heteroatoms. The van der Waals surface area contributed by atoms with Gasteiger partial charge in [-0.25, -0.2) is 0 Å². The molecule has 1 aliphatic rings. The molecule has 1 heterocycles. The fourth-order valence-corrected chi connectivity index (χ4v) is 2.43. The topological polar surface area (TPSA) is 49.8 Å². The third kappa shape index (κ3) is 2.90. The maximum absolute atomic E-state index is 12.6. The summed E-state index contributed by atoms with van der Waals surface area (Å²) in [4.78, 5) is 14.4. The molecule has 2 aromatic rings. The van der Waals surface area contributed by atoms with E-state index in [0.29, 0.717) is 31.0 Å². The summed E-state index contributed by atoms with van der Waals surface area (Å²) in [5, 5.41) is 9.06. The first kappa shape index (κ1) is 13.6. The maximum atomic E-state index is 12.6. The Kier molecular flexibility index (Phi) is 3.88. The van der Waals surface area contributed by atoms with Gasteiger partial charge in [0.2, 0.25) is 0 Å². The van der Waals surface area contributed by atoms with Gasteiger partial charge in [0.05, 0.1) is 18.7 Å². The van der Waals surface area contributed by atoms with Crippen molar-refractivity contribution in [3.8, 4) is 5.75 Å². The molecule has 0 aromatic heterocycles. The van der Waals surface area contributed by atoms with E-state index in [0.717, 1.165) is 11.1 Å².